The van der Waals surface area contributed by atoms with Crippen LogP contribution in [0, 0.1) is 6.92 Å². The van der Waals surface area contributed by atoms with Gasteiger partial charge in [-0.1, -0.05) is 6.07 Å². The van der Waals surface area contributed by atoms with Gasteiger partial charge in [-0.2, -0.15) is 0 Å². The van der Waals surface area contributed by atoms with Crippen LogP contribution in [0.25, 0.3) is 22.4 Å². The number of hydrogen-bond acceptors (Lipinski definition) is 2. The van der Waals surface area contributed by atoms with E-state index in [4.69, 9.17) is 0 Å². The second kappa shape index (κ2) is 3.59. The van der Waals surface area contributed by atoms with Gasteiger partial charge in [0, 0.05) is 17.8 Å². The first-order chi connectivity index (χ1) is 8.22. The topological polar surface area (TPSA) is 61.5 Å². The van der Waals surface area contributed by atoms with Gasteiger partial charge in [-0.25, -0.2) is 4.98 Å². The van der Waals surface area contributed by atoms with Crippen LogP contribution in [-0.2, 0) is 0 Å². The van der Waals surface area contributed by atoms with Crippen molar-refractivity contribution < 1.29 is 0 Å². The molecule has 0 aliphatic heterocycles. The van der Waals surface area contributed by atoms with Gasteiger partial charge < -0.3 is 9.97 Å². The Balaban J connectivity index is 2.21. The van der Waals surface area contributed by atoms with Crippen LogP contribution in [0.1, 0.15) is 5.56 Å². The van der Waals surface area contributed by atoms with Crippen LogP contribution in [0.4, 0.5) is 0 Å². The van der Waals surface area contributed by atoms with Crippen LogP contribution in [-0.4, -0.2) is 15.0 Å². The highest BCUT2D eigenvalue weighted by Crippen LogP contribution is 2.19. The number of aromatic amines is 2. The van der Waals surface area contributed by atoms with Crippen molar-refractivity contribution in [2.75, 3.05) is 0 Å². The van der Waals surface area contributed by atoms with Gasteiger partial charge >= 0.3 is 0 Å². The van der Waals surface area contributed by atoms with Crippen molar-refractivity contribution in [1.29, 1.82) is 0 Å². The molecule has 17 heavy (non-hydrogen) atoms. The number of nitrogens with one attached hydrogen (secondary N) is 2. The summed E-state index contributed by atoms with van der Waals surface area (Å²) in [5.74, 6) is 0.719. The standard InChI is InChI=1S/C13H11N3O/c1-8-2-3-10-11(6-8)16-13(15-10)9-4-5-14-12(17)7-9/h2-7H,1H3,(H,14,17)(H,15,16). The van der Waals surface area contributed by atoms with Crippen molar-refractivity contribution in [3.63, 3.8) is 0 Å². The van der Waals surface area contributed by atoms with E-state index in [0.29, 0.717) is 0 Å². The molecule has 2 aromatic heterocycles. The summed E-state index contributed by atoms with van der Waals surface area (Å²) in [7, 11) is 0. The van der Waals surface area contributed by atoms with E-state index >= 15 is 0 Å². The van der Waals surface area contributed by atoms with Crippen LogP contribution in [0.15, 0.2) is 41.3 Å². The Hall–Kier alpha value is -2.36. The number of benzene rings is 1. The second-order valence-corrected chi connectivity index (χ2v) is 4.05. The van der Waals surface area contributed by atoms with Gasteiger partial charge in [0.2, 0.25) is 5.56 Å². The Kier molecular flexibility index (Phi) is 2.08. The summed E-state index contributed by atoms with van der Waals surface area (Å²) in [4.78, 5) is 21.5. The average molecular weight is 225 g/mol. The Morgan fingerprint density at radius 1 is 1.18 bits per heavy atom. The summed E-state index contributed by atoms with van der Waals surface area (Å²) in [6, 6.07) is 9.39. The van der Waals surface area contributed by atoms with Gasteiger partial charge in [0.15, 0.2) is 0 Å². The first kappa shape index (κ1) is 9.84. The SMILES string of the molecule is Cc1ccc2nc(-c3cc[nH]c(=O)c3)[nH]c2c1. The highest BCUT2D eigenvalue weighted by atomic mass is 16.1. The minimum atomic E-state index is -0.126. The maximum absolute atomic E-state index is 11.2. The molecular weight excluding hydrogens is 214 g/mol. The number of aromatic nitrogens is 3. The average Bonchev–Trinajstić information content (AvgIpc) is 2.72. The van der Waals surface area contributed by atoms with E-state index in [1.165, 1.54) is 11.6 Å². The van der Waals surface area contributed by atoms with E-state index in [1.54, 1.807) is 6.20 Å². The lowest BCUT2D eigenvalue weighted by Gasteiger charge is -1.93. The summed E-state index contributed by atoms with van der Waals surface area (Å²) < 4.78 is 0. The summed E-state index contributed by atoms with van der Waals surface area (Å²) in [6.45, 7) is 2.03. The van der Waals surface area contributed by atoms with Crippen LogP contribution >= 0.6 is 0 Å². The number of pyridine rings is 1. The predicted molar refractivity (Wildman–Crippen MR) is 66.9 cm³/mol. The molecule has 0 saturated heterocycles. The summed E-state index contributed by atoms with van der Waals surface area (Å²) in [6.07, 6.45) is 1.62. The van der Waals surface area contributed by atoms with Crippen molar-refractivity contribution in [3.8, 4) is 11.4 Å². The number of fused-ring (bicyclic) bond motifs is 1. The summed E-state index contributed by atoms with van der Waals surface area (Å²) in [5.41, 5.74) is 3.74. The van der Waals surface area contributed by atoms with Gasteiger partial charge in [-0.05, 0) is 30.7 Å². The van der Waals surface area contributed by atoms with Crippen molar-refractivity contribution in [1.82, 2.24) is 15.0 Å². The third kappa shape index (κ3) is 1.73. The largest absolute Gasteiger partial charge is 0.338 e. The van der Waals surface area contributed by atoms with E-state index < -0.39 is 0 Å². The fourth-order valence-corrected chi connectivity index (χ4v) is 1.85. The number of imidazole rings is 1. The number of nitrogens with zero attached hydrogens (tertiary/aromatic N) is 1. The smallest absolute Gasteiger partial charge is 0.248 e. The van der Waals surface area contributed by atoms with Crippen molar-refractivity contribution >= 4 is 11.0 Å². The highest BCUT2D eigenvalue weighted by Gasteiger charge is 2.05. The van der Waals surface area contributed by atoms with Crippen molar-refractivity contribution in [2.45, 2.75) is 6.92 Å². The fraction of sp³-hybridized carbons (Fsp3) is 0.0769. The van der Waals surface area contributed by atoms with Crippen LogP contribution < -0.4 is 5.56 Å². The van der Waals surface area contributed by atoms with Crippen LogP contribution in [0.3, 0.4) is 0 Å². The quantitative estimate of drug-likeness (QED) is 0.667. The molecule has 84 valence electrons. The third-order valence-corrected chi connectivity index (χ3v) is 2.69. The fourth-order valence-electron chi connectivity index (χ4n) is 1.85. The van der Waals surface area contributed by atoms with E-state index in [0.717, 1.165) is 22.4 Å². The third-order valence-electron chi connectivity index (χ3n) is 2.69. The molecule has 0 unspecified atom stereocenters. The van der Waals surface area contributed by atoms with E-state index in [2.05, 4.69) is 15.0 Å². The van der Waals surface area contributed by atoms with Gasteiger partial charge in [0.25, 0.3) is 0 Å². The van der Waals surface area contributed by atoms with Gasteiger partial charge in [-0.3, -0.25) is 4.79 Å². The van der Waals surface area contributed by atoms with Crippen molar-refractivity contribution in [3.05, 3.63) is 52.4 Å². The normalized spacial score (nSPS) is 10.9. The molecular formula is C13H11N3O. The van der Waals surface area contributed by atoms with E-state index in [-0.39, 0.29) is 5.56 Å². The Morgan fingerprint density at radius 3 is 2.88 bits per heavy atom. The minimum absolute atomic E-state index is 0.126. The molecule has 1 aromatic carbocycles. The second-order valence-electron chi connectivity index (χ2n) is 4.05. The number of hydrogen-bond donors (Lipinski definition) is 2. The molecule has 0 spiro atoms. The van der Waals surface area contributed by atoms with Crippen LogP contribution in [0.2, 0.25) is 0 Å². The molecule has 2 N–H and O–H groups in total. The maximum Gasteiger partial charge on any atom is 0.248 e. The molecule has 4 heteroatoms. The summed E-state index contributed by atoms with van der Waals surface area (Å²) in [5, 5.41) is 0. The van der Waals surface area contributed by atoms with Gasteiger partial charge in [-0.15, -0.1) is 0 Å². The first-order valence-corrected chi connectivity index (χ1v) is 5.38. The minimum Gasteiger partial charge on any atom is -0.338 e. The molecule has 0 bridgehead atoms. The Morgan fingerprint density at radius 2 is 2.06 bits per heavy atom. The Labute approximate surface area is 97.3 Å². The molecule has 0 aliphatic carbocycles. The molecule has 3 aromatic rings. The Bertz CT molecular complexity index is 740. The maximum atomic E-state index is 11.2. The lowest BCUT2D eigenvalue weighted by molar-refractivity contribution is 1.22. The molecule has 0 fully saturated rings. The monoisotopic (exact) mass is 225 g/mol. The molecule has 4 nitrogen and oxygen atoms in total. The lowest BCUT2D eigenvalue weighted by atomic mass is 10.2. The molecule has 0 aliphatic rings. The van der Waals surface area contributed by atoms with E-state index in [9.17, 15) is 4.79 Å². The first-order valence-electron chi connectivity index (χ1n) is 5.38. The van der Waals surface area contributed by atoms with E-state index in [1.807, 2.05) is 31.2 Å². The van der Waals surface area contributed by atoms with Gasteiger partial charge in [0.05, 0.1) is 11.0 Å². The summed E-state index contributed by atoms with van der Waals surface area (Å²) >= 11 is 0. The number of H-pyrrole nitrogens is 2. The zero-order chi connectivity index (χ0) is 11.8. The lowest BCUT2D eigenvalue weighted by Crippen LogP contribution is -2.02. The molecule has 0 atom stereocenters. The van der Waals surface area contributed by atoms with Crippen molar-refractivity contribution in [2.24, 2.45) is 0 Å². The molecule has 3 rings (SSSR count). The van der Waals surface area contributed by atoms with Crippen LogP contribution in [0.5, 0.6) is 0 Å². The predicted octanol–water partition coefficient (Wildman–Crippen LogP) is 2.23. The van der Waals surface area contributed by atoms with Gasteiger partial charge in [0.1, 0.15) is 5.82 Å². The zero-order valence-electron chi connectivity index (χ0n) is 9.32. The zero-order valence-corrected chi connectivity index (χ0v) is 9.32. The molecule has 2 heterocycles. The molecule has 0 radical (unpaired) electrons. The molecule has 0 saturated carbocycles. The number of rotatable bonds is 1. The number of aryl methyl sites for hydroxylation is 1. The molecule has 0 amide bonds. The highest BCUT2D eigenvalue weighted by molar-refractivity contribution is 5.79.